The number of ether oxygens (including phenoxy) is 2. The molecular formula is C20H21NO4. The van der Waals surface area contributed by atoms with Crippen LogP contribution in [0.5, 0.6) is 5.75 Å². The van der Waals surface area contributed by atoms with E-state index in [2.05, 4.69) is 0 Å². The van der Waals surface area contributed by atoms with Gasteiger partial charge in [-0.05, 0) is 29.7 Å². The van der Waals surface area contributed by atoms with E-state index in [9.17, 15) is 9.59 Å². The Bertz CT molecular complexity index is 727. The van der Waals surface area contributed by atoms with Crippen LogP contribution in [0.2, 0.25) is 0 Å². The minimum atomic E-state index is -0.573. The number of amides is 2. The van der Waals surface area contributed by atoms with Gasteiger partial charge in [-0.2, -0.15) is 0 Å². The molecule has 2 aromatic carbocycles. The van der Waals surface area contributed by atoms with Gasteiger partial charge in [-0.3, -0.25) is 14.5 Å². The maximum atomic E-state index is 12.6. The first-order valence-electron chi connectivity index (χ1n) is 8.30. The Morgan fingerprint density at radius 3 is 2.40 bits per heavy atom. The fourth-order valence-corrected chi connectivity index (χ4v) is 2.82. The Morgan fingerprint density at radius 1 is 1.00 bits per heavy atom. The summed E-state index contributed by atoms with van der Waals surface area (Å²) in [6.07, 6.45) is 0.182. The Labute approximate surface area is 147 Å². The Morgan fingerprint density at radius 2 is 1.72 bits per heavy atom. The van der Waals surface area contributed by atoms with Crippen LogP contribution in [-0.2, 0) is 27.5 Å². The number of benzene rings is 2. The van der Waals surface area contributed by atoms with Crippen molar-refractivity contribution in [3.8, 4) is 5.75 Å². The SMILES string of the molecule is COc1ccc(CN2C(=O)CC[C@H](OCc3ccccc3)C2=O)cc1. The van der Waals surface area contributed by atoms with Crippen LogP contribution in [-0.4, -0.2) is 29.9 Å². The highest BCUT2D eigenvalue weighted by Gasteiger charge is 2.34. The van der Waals surface area contributed by atoms with E-state index in [4.69, 9.17) is 9.47 Å². The normalized spacial score (nSPS) is 17.6. The molecule has 0 N–H and O–H groups in total. The molecule has 1 atom stereocenters. The number of imide groups is 1. The molecule has 0 radical (unpaired) electrons. The lowest BCUT2D eigenvalue weighted by Crippen LogP contribution is -2.48. The van der Waals surface area contributed by atoms with E-state index in [1.165, 1.54) is 4.90 Å². The molecule has 0 spiro atoms. The number of hydrogen-bond acceptors (Lipinski definition) is 4. The van der Waals surface area contributed by atoms with E-state index in [1.807, 2.05) is 54.6 Å². The number of rotatable bonds is 6. The van der Waals surface area contributed by atoms with Gasteiger partial charge >= 0.3 is 0 Å². The smallest absolute Gasteiger partial charge is 0.258 e. The second-order valence-corrected chi connectivity index (χ2v) is 5.99. The van der Waals surface area contributed by atoms with Gasteiger partial charge in [-0.15, -0.1) is 0 Å². The van der Waals surface area contributed by atoms with Crippen molar-refractivity contribution in [1.82, 2.24) is 4.90 Å². The molecule has 0 unspecified atom stereocenters. The summed E-state index contributed by atoms with van der Waals surface area (Å²) in [6, 6.07) is 17.0. The van der Waals surface area contributed by atoms with Gasteiger partial charge in [0, 0.05) is 6.42 Å². The van der Waals surface area contributed by atoms with Crippen LogP contribution in [0.4, 0.5) is 0 Å². The highest BCUT2D eigenvalue weighted by Crippen LogP contribution is 2.21. The average molecular weight is 339 g/mol. The number of carbonyl (C=O) groups excluding carboxylic acids is 2. The molecule has 5 heteroatoms. The fourth-order valence-electron chi connectivity index (χ4n) is 2.82. The molecule has 130 valence electrons. The standard InChI is InChI=1S/C20H21NO4/c1-24-17-9-7-15(8-10-17)13-21-19(22)12-11-18(20(21)23)25-14-16-5-3-2-4-6-16/h2-10,18H,11-14H2,1H3/t18-/m0/s1. The van der Waals surface area contributed by atoms with Gasteiger partial charge < -0.3 is 9.47 Å². The van der Waals surface area contributed by atoms with Crippen LogP contribution >= 0.6 is 0 Å². The van der Waals surface area contributed by atoms with E-state index in [1.54, 1.807) is 7.11 Å². The Balaban J connectivity index is 1.64. The second kappa shape index (κ2) is 7.94. The van der Waals surface area contributed by atoms with Crippen molar-refractivity contribution in [1.29, 1.82) is 0 Å². The number of likely N-dealkylation sites (tertiary alicyclic amines) is 1. The monoisotopic (exact) mass is 339 g/mol. The van der Waals surface area contributed by atoms with Crippen LogP contribution in [0.15, 0.2) is 54.6 Å². The maximum absolute atomic E-state index is 12.6. The van der Waals surface area contributed by atoms with Crippen molar-refractivity contribution in [3.05, 3.63) is 65.7 Å². The van der Waals surface area contributed by atoms with Crippen molar-refractivity contribution < 1.29 is 19.1 Å². The first-order chi connectivity index (χ1) is 12.2. The average Bonchev–Trinajstić information content (AvgIpc) is 2.66. The van der Waals surface area contributed by atoms with Gasteiger partial charge in [0.1, 0.15) is 11.9 Å². The zero-order valence-electron chi connectivity index (χ0n) is 14.2. The summed E-state index contributed by atoms with van der Waals surface area (Å²) in [4.78, 5) is 26.1. The van der Waals surface area contributed by atoms with Crippen LogP contribution in [0.3, 0.4) is 0 Å². The van der Waals surface area contributed by atoms with E-state index in [0.717, 1.165) is 16.9 Å². The summed E-state index contributed by atoms with van der Waals surface area (Å²) in [5.41, 5.74) is 1.89. The van der Waals surface area contributed by atoms with Crippen LogP contribution in [0, 0.1) is 0 Å². The first-order valence-corrected chi connectivity index (χ1v) is 8.30. The topological polar surface area (TPSA) is 55.8 Å². The summed E-state index contributed by atoms with van der Waals surface area (Å²) in [5.74, 6) is 0.326. The molecule has 2 amide bonds. The van der Waals surface area contributed by atoms with Gasteiger partial charge in [0.25, 0.3) is 5.91 Å². The van der Waals surface area contributed by atoms with Gasteiger partial charge in [-0.25, -0.2) is 0 Å². The highest BCUT2D eigenvalue weighted by molar-refractivity contribution is 5.99. The second-order valence-electron chi connectivity index (χ2n) is 5.99. The number of carbonyl (C=O) groups is 2. The zero-order chi connectivity index (χ0) is 17.6. The minimum Gasteiger partial charge on any atom is -0.497 e. The summed E-state index contributed by atoms with van der Waals surface area (Å²) in [5, 5.41) is 0. The third-order valence-corrected chi connectivity index (χ3v) is 4.26. The molecule has 1 aliphatic heterocycles. The Kier molecular flexibility index (Phi) is 5.46. The molecule has 0 aromatic heterocycles. The third kappa shape index (κ3) is 4.25. The van der Waals surface area contributed by atoms with Crippen molar-refractivity contribution in [2.45, 2.75) is 32.1 Å². The molecule has 0 aliphatic carbocycles. The number of hydrogen-bond donors (Lipinski definition) is 0. The molecule has 1 aliphatic rings. The largest absolute Gasteiger partial charge is 0.497 e. The molecule has 1 saturated heterocycles. The lowest BCUT2D eigenvalue weighted by Gasteiger charge is -2.30. The van der Waals surface area contributed by atoms with Crippen LogP contribution < -0.4 is 4.74 Å². The molecule has 0 bridgehead atoms. The van der Waals surface area contributed by atoms with E-state index in [-0.39, 0.29) is 18.4 Å². The zero-order valence-corrected chi connectivity index (χ0v) is 14.2. The first kappa shape index (κ1) is 17.2. The predicted molar refractivity (Wildman–Crippen MR) is 92.8 cm³/mol. The van der Waals surface area contributed by atoms with Gasteiger partial charge in [0.05, 0.1) is 20.3 Å². The summed E-state index contributed by atoms with van der Waals surface area (Å²) in [6.45, 7) is 0.620. The number of nitrogens with zero attached hydrogens (tertiary/aromatic N) is 1. The molecule has 5 nitrogen and oxygen atoms in total. The molecule has 1 fully saturated rings. The van der Waals surface area contributed by atoms with Crippen LogP contribution in [0.1, 0.15) is 24.0 Å². The molecule has 25 heavy (non-hydrogen) atoms. The quantitative estimate of drug-likeness (QED) is 0.760. The fraction of sp³-hybridized carbons (Fsp3) is 0.300. The van der Waals surface area contributed by atoms with E-state index >= 15 is 0 Å². The maximum Gasteiger partial charge on any atom is 0.258 e. The highest BCUT2D eigenvalue weighted by atomic mass is 16.5. The lowest BCUT2D eigenvalue weighted by molar-refractivity contribution is -0.160. The van der Waals surface area contributed by atoms with Crippen molar-refractivity contribution in [2.24, 2.45) is 0 Å². The van der Waals surface area contributed by atoms with E-state index in [0.29, 0.717) is 19.4 Å². The van der Waals surface area contributed by atoms with E-state index < -0.39 is 6.10 Å². The summed E-state index contributed by atoms with van der Waals surface area (Å²) in [7, 11) is 1.60. The molecule has 1 heterocycles. The van der Waals surface area contributed by atoms with Crippen molar-refractivity contribution in [3.63, 3.8) is 0 Å². The summed E-state index contributed by atoms with van der Waals surface area (Å²) < 4.78 is 10.9. The number of piperidine rings is 1. The predicted octanol–water partition coefficient (Wildman–Crippen LogP) is 2.93. The van der Waals surface area contributed by atoms with Crippen molar-refractivity contribution in [2.75, 3.05) is 7.11 Å². The van der Waals surface area contributed by atoms with Crippen LogP contribution in [0.25, 0.3) is 0 Å². The molecule has 2 aromatic rings. The minimum absolute atomic E-state index is 0.152. The van der Waals surface area contributed by atoms with Gasteiger partial charge in [0.2, 0.25) is 5.91 Å². The summed E-state index contributed by atoms with van der Waals surface area (Å²) >= 11 is 0. The van der Waals surface area contributed by atoms with Crippen molar-refractivity contribution >= 4 is 11.8 Å². The molecular weight excluding hydrogens is 318 g/mol. The molecule has 0 saturated carbocycles. The van der Waals surface area contributed by atoms with Gasteiger partial charge in [-0.1, -0.05) is 42.5 Å². The van der Waals surface area contributed by atoms with Gasteiger partial charge in [0.15, 0.2) is 0 Å². The Hall–Kier alpha value is -2.66. The third-order valence-electron chi connectivity index (χ3n) is 4.26. The number of methoxy groups -OCH3 is 1. The molecule has 3 rings (SSSR count). The lowest BCUT2D eigenvalue weighted by atomic mass is 10.0.